The van der Waals surface area contributed by atoms with E-state index in [0.29, 0.717) is 0 Å². The number of unbranched alkanes of at least 4 members (excludes halogenated alkanes) is 3. The molecule has 0 rings (SSSR count). The average Bonchev–Trinajstić information content (AvgIpc) is 2.34. The van der Waals surface area contributed by atoms with E-state index in [1.54, 1.807) is 6.08 Å². The third-order valence-corrected chi connectivity index (χ3v) is 2.02. The van der Waals surface area contributed by atoms with Crippen LogP contribution in [0.1, 0.15) is 32.6 Å². The van der Waals surface area contributed by atoms with Gasteiger partial charge in [-0.3, -0.25) is 0 Å². The smallest absolute Gasteiger partial charge is 0.134 e. The van der Waals surface area contributed by atoms with E-state index in [1.807, 2.05) is 6.08 Å². The van der Waals surface area contributed by atoms with Crippen LogP contribution in [0.4, 0.5) is 0 Å². The number of aliphatic hydroxyl groups is 2. The zero-order chi connectivity index (χ0) is 12.9. The maximum absolute atomic E-state index is 9.42. The predicted molar refractivity (Wildman–Crippen MR) is 71.0 cm³/mol. The lowest BCUT2D eigenvalue weighted by molar-refractivity contribution is 0.280. The standard InChI is InChI=1S/C15H20O2/c1-3-5-6-7-8-12-15(17)13-10-9-11-14(16)4-2/h4,8,12,14-17H,2-3,5-7H2,1H3/b12-8-/t14-,15+/m1/s1. The lowest BCUT2D eigenvalue weighted by Gasteiger charge is -1.94. The lowest BCUT2D eigenvalue weighted by Crippen LogP contribution is -1.97. The summed E-state index contributed by atoms with van der Waals surface area (Å²) >= 11 is 0. The van der Waals surface area contributed by atoms with Gasteiger partial charge in [-0.2, -0.15) is 0 Å². The third-order valence-electron chi connectivity index (χ3n) is 2.02. The Hall–Kier alpha value is -1.48. The number of allylic oxidation sites excluding steroid dienone is 1. The summed E-state index contributed by atoms with van der Waals surface area (Å²) in [4.78, 5) is 0. The molecule has 0 aliphatic carbocycles. The van der Waals surface area contributed by atoms with Crippen molar-refractivity contribution in [3.05, 3.63) is 24.8 Å². The highest BCUT2D eigenvalue weighted by molar-refractivity contribution is 5.31. The van der Waals surface area contributed by atoms with E-state index >= 15 is 0 Å². The van der Waals surface area contributed by atoms with Crippen LogP contribution in [0.2, 0.25) is 0 Å². The van der Waals surface area contributed by atoms with Crippen molar-refractivity contribution in [2.75, 3.05) is 0 Å². The molecule has 0 aromatic heterocycles. The van der Waals surface area contributed by atoms with Crippen LogP contribution in [0, 0.1) is 23.7 Å². The summed E-state index contributed by atoms with van der Waals surface area (Å²) in [6, 6.07) is 0. The molecule has 0 heterocycles. The van der Waals surface area contributed by atoms with Gasteiger partial charge in [-0.1, -0.05) is 50.3 Å². The number of rotatable bonds is 6. The van der Waals surface area contributed by atoms with Crippen LogP contribution in [-0.2, 0) is 0 Å². The van der Waals surface area contributed by atoms with Crippen molar-refractivity contribution in [2.24, 2.45) is 0 Å². The molecule has 0 aromatic rings. The molecule has 92 valence electrons. The summed E-state index contributed by atoms with van der Waals surface area (Å²) in [6.45, 7) is 5.53. The van der Waals surface area contributed by atoms with Crippen molar-refractivity contribution in [1.29, 1.82) is 0 Å². The van der Waals surface area contributed by atoms with Crippen molar-refractivity contribution in [2.45, 2.75) is 44.8 Å². The normalized spacial score (nSPS) is 13.1. The van der Waals surface area contributed by atoms with Crippen LogP contribution in [0.15, 0.2) is 24.8 Å². The maximum atomic E-state index is 9.42. The van der Waals surface area contributed by atoms with E-state index in [1.165, 1.54) is 18.9 Å². The Morgan fingerprint density at radius 2 is 1.76 bits per heavy atom. The molecule has 0 aromatic carbocycles. The number of hydrogen-bond donors (Lipinski definition) is 2. The van der Waals surface area contributed by atoms with Gasteiger partial charge in [0.1, 0.15) is 12.2 Å². The number of hydrogen-bond acceptors (Lipinski definition) is 2. The average molecular weight is 232 g/mol. The Balaban J connectivity index is 3.91. The second kappa shape index (κ2) is 11.0. The highest BCUT2D eigenvalue weighted by Gasteiger charge is 1.89. The summed E-state index contributed by atoms with van der Waals surface area (Å²) in [5.74, 6) is 9.94. The van der Waals surface area contributed by atoms with Crippen LogP contribution in [-0.4, -0.2) is 22.4 Å². The van der Waals surface area contributed by atoms with E-state index in [0.717, 1.165) is 12.8 Å². The van der Waals surface area contributed by atoms with E-state index in [2.05, 4.69) is 37.2 Å². The minimum absolute atomic E-state index is 0.785. The van der Waals surface area contributed by atoms with Crippen LogP contribution < -0.4 is 0 Å². The summed E-state index contributed by atoms with van der Waals surface area (Å²) in [5.41, 5.74) is 0. The molecular formula is C15H20O2. The fraction of sp³-hybridized carbons (Fsp3) is 0.467. The predicted octanol–water partition coefficient (Wildman–Crippen LogP) is 2.04. The molecule has 0 saturated carbocycles. The molecule has 2 atom stereocenters. The number of aliphatic hydroxyl groups excluding tert-OH is 2. The topological polar surface area (TPSA) is 40.5 Å². The molecule has 0 saturated heterocycles. The van der Waals surface area contributed by atoms with Crippen molar-refractivity contribution in [1.82, 2.24) is 0 Å². The van der Waals surface area contributed by atoms with Gasteiger partial charge in [-0.05, 0) is 30.8 Å². The molecule has 17 heavy (non-hydrogen) atoms. The van der Waals surface area contributed by atoms with Gasteiger partial charge in [0.2, 0.25) is 0 Å². The van der Waals surface area contributed by atoms with E-state index in [4.69, 9.17) is 5.11 Å². The molecule has 0 aliphatic heterocycles. The minimum atomic E-state index is -0.856. The Labute approximate surface area is 104 Å². The second-order valence-corrected chi connectivity index (χ2v) is 3.59. The van der Waals surface area contributed by atoms with Crippen LogP contribution >= 0.6 is 0 Å². The first kappa shape index (κ1) is 15.5. The van der Waals surface area contributed by atoms with Crippen LogP contribution in [0.5, 0.6) is 0 Å². The molecule has 2 heteroatoms. The molecule has 0 spiro atoms. The SMILES string of the molecule is C=C[C@@H](O)C#CC#C[C@@H](O)/C=C\CCCCC. The Bertz CT molecular complexity index is 347. The molecule has 0 aliphatic rings. The largest absolute Gasteiger partial charge is 0.377 e. The zero-order valence-electron chi connectivity index (χ0n) is 10.3. The Morgan fingerprint density at radius 3 is 2.35 bits per heavy atom. The van der Waals surface area contributed by atoms with Gasteiger partial charge in [0.05, 0.1) is 0 Å². The first-order valence-electron chi connectivity index (χ1n) is 5.87. The Kier molecular flexibility index (Phi) is 10.1. The fourth-order valence-electron chi connectivity index (χ4n) is 1.06. The molecule has 0 radical (unpaired) electrons. The van der Waals surface area contributed by atoms with Crippen molar-refractivity contribution < 1.29 is 10.2 Å². The molecule has 2 nitrogen and oxygen atoms in total. The molecule has 0 unspecified atom stereocenters. The second-order valence-electron chi connectivity index (χ2n) is 3.59. The fourth-order valence-corrected chi connectivity index (χ4v) is 1.06. The van der Waals surface area contributed by atoms with E-state index < -0.39 is 12.2 Å². The first-order chi connectivity index (χ1) is 8.20. The molecule has 0 bridgehead atoms. The molecule has 2 N–H and O–H groups in total. The minimum Gasteiger partial charge on any atom is -0.377 e. The Morgan fingerprint density at radius 1 is 1.12 bits per heavy atom. The van der Waals surface area contributed by atoms with Gasteiger partial charge in [0.25, 0.3) is 0 Å². The lowest BCUT2D eigenvalue weighted by atomic mass is 10.2. The highest BCUT2D eigenvalue weighted by atomic mass is 16.3. The van der Waals surface area contributed by atoms with Crippen LogP contribution in [0.3, 0.4) is 0 Å². The van der Waals surface area contributed by atoms with E-state index in [-0.39, 0.29) is 0 Å². The monoisotopic (exact) mass is 232 g/mol. The van der Waals surface area contributed by atoms with Crippen molar-refractivity contribution in [3.8, 4) is 23.7 Å². The van der Waals surface area contributed by atoms with Crippen LogP contribution in [0.25, 0.3) is 0 Å². The van der Waals surface area contributed by atoms with Crippen molar-refractivity contribution in [3.63, 3.8) is 0 Å². The summed E-state index contributed by atoms with van der Waals surface area (Å²) in [6.07, 6.45) is 7.77. The summed E-state index contributed by atoms with van der Waals surface area (Å²) < 4.78 is 0. The van der Waals surface area contributed by atoms with Gasteiger partial charge in [0.15, 0.2) is 0 Å². The summed E-state index contributed by atoms with van der Waals surface area (Å²) in [7, 11) is 0. The van der Waals surface area contributed by atoms with E-state index in [9.17, 15) is 5.11 Å². The van der Waals surface area contributed by atoms with Gasteiger partial charge in [-0.15, -0.1) is 0 Å². The molecular weight excluding hydrogens is 212 g/mol. The molecule has 0 fully saturated rings. The van der Waals surface area contributed by atoms with Crippen molar-refractivity contribution >= 4 is 0 Å². The van der Waals surface area contributed by atoms with Gasteiger partial charge >= 0.3 is 0 Å². The quantitative estimate of drug-likeness (QED) is 0.418. The maximum Gasteiger partial charge on any atom is 0.134 e. The highest BCUT2D eigenvalue weighted by Crippen LogP contribution is 2.00. The first-order valence-corrected chi connectivity index (χ1v) is 5.87. The summed E-state index contributed by atoms with van der Waals surface area (Å²) in [5, 5.41) is 18.4. The molecule has 0 amide bonds. The van der Waals surface area contributed by atoms with Gasteiger partial charge < -0.3 is 10.2 Å². The third kappa shape index (κ3) is 10.8. The van der Waals surface area contributed by atoms with Gasteiger partial charge in [-0.25, -0.2) is 0 Å². The van der Waals surface area contributed by atoms with Gasteiger partial charge in [0, 0.05) is 0 Å². The zero-order valence-corrected chi connectivity index (χ0v) is 10.3.